The molecule has 1 saturated heterocycles. The number of carbonyl (C=O) groups excluding carboxylic acids is 1. The van der Waals surface area contributed by atoms with Gasteiger partial charge in [-0.3, -0.25) is 4.79 Å². The molecule has 1 aliphatic rings. The molecule has 1 aliphatic heterocycles. The van der Waals surface area contributed by atoms with Gasteiger partial charge in [0.25, 0.3) is 0 Å². The van der Waals surface area contributed by atoms with Gasteiger partial charge in [-0.1, -0.05) is 6.07 Å². The van der Waals surface area contributed by atoms with Gasteiger partial charge >= 0.3 is 0 Å². The quantitative estimate of drug-likeness (QED) is 0.902. The fraction of sp³-hybridized carbons (Fsp3) is 0.588. The van der Waals surface area contributed by atoms with E-state index in [1.165, 1.54) is 11.1 Å². The number of nitrogens with one attached hydrogen (secondary N) is 1. The average Bonchev–Trinajstić information content (AvgIpc) is 2.51. The summed E-state index contributed by atoms with van der Waals surface area (Å²) in [6.45, 7) is 7.70. The Balaban J connectivity index is 1.85. The molecule has 116 valence electrons. The molecule has 1 fully saturated rings. The van der Waals surface area contributed by atoms with Crippen LogP contribution in [-0.2, 0) is 11.2 Å². The van der Waals surface area contributed by atoms with Gasteiger partial charge in [0.2, 0.25) is 5.91 Å². The highest BCUT2D eigenvalue weighted by molar-refractivity contribution is 5.76. The largest absolute Gasteiger partial charge is 0.496 e. The van der Waals surface area contributed by atoms with Crippen molar-refractivity contribution in [2.75, 3.05) is 33.3 Å². The number of hydrogen-bond acceptors (Lipinski definition) is 3. The summed E-state index contributed by atoms with van der Waals surface area (Å²) in [5.41, 5.74) is 3.72. The molecule has 0 aromatic heterocycles. The molecular formula is C17H26N2O2. The summed E-state index contributed by atoms with van der Waals surface area (Å²) in [5, 5.41) is 3.27. The van der Waals surface area contributed by atoms with Crippen molar-refractivity contribution in [1.82, 2.24) is 10.2 Å². The van der Waals surface area contributed by atoms with Crippen molar-refractivity contribution in [3.05, 3.63) is 28.8 Å². The van der Waals surface area contributed by atoms with Gasteiger partial charge in [-0.05, 0) is 49.4 Å². The lowest BCUT2D eigenvalue weighted by Gasteiger charge is -2.27. The van der Waals surface area contributed by atoms with Crippen LogP contribution in [0.1, 0.15) is 29.5 Å². The second-order valence-corrected chi connectivity index (χ2v) is 5.73. The minimum Gasteiger partial charge on any atom is -0.496 e. The van der Waals surface area contributed by atoms with E-state index in [0.717, 1.165) is 50.3 Å². The van der Waals surface area contributed by atoms with Gasteiger partial charge in [0.15, 0.2) is 0 Å². The molecule has 0 unspecified atom stereocenters. The van der Waals surface area contributed by atoms with Crippen LogP contribution in [0.25, 0.3) is 0 Å². The lowest BCUT2D eigenvalue weighted by molar-refractivity contribution is -0.131. The van der Waals surface area contributed by atoms with E-state index in [4.69, 9.17) is 4.74 Å². The molecule has 0 spiro atoms. The Morgan fingerprint density at radius 1 is 1.24 bits per heavy atom. The van der Waals surface area contributed by atoms with E-state index < -0.39 is 0 Å². The first kappa shape index (κ1) is 15.8. The van der Waals surface area contributed by atoms with E-state index >= 15 is 0 Å². The number of carbonyl (C=O) groups is 1. The van der Waals surface area contributed by atoms with Crippen molar-refractivity contribution in [3.8, 4) is 5.75 Å². The van der Waals surface area contributed by atoms with Crippen LogP contribution < -0.4 is 10.1 Å². The first-order valence-electron chi connectivity index (χ1n) is 7.74. The third-order valence-electron chi connectivity index (χ3n) is 4.16. The lowest BCUT2D eigenvalue weighted by atomic mass is 9.99. The SMILES string of the molecule is COc1cc(C)c(CCCC(=O)N2CCNCC2)cc1C. The second kappa shape index (κ2) is 7.46. The number of amides is 1. The van der Waals surface area contributed by atoms with E-state index in [0.29, 0.717) is 12.3 Å². The normalized spacial score (nSPS) is 15.1. The van der Waals surface area contributed by atoms with Gasteiger partial charge < -0.3 is 15.0 Å². The molecule has 4 nitrogen and oxygen atoms in total. The zero-order chi connectivity index (χ0) is 15.2. The summed E-state index contributed by atoms with van der Waals surface area (Å²) in [5.74, 6) is 1.23. The van der Waals surface area contributed by atoms with E-state index in [1.807, 2.05) is 4.90 Å². The number of methoxy groups -OCH3 is 1. The first-order chi connectivity index (χ1) is 10.1. The number of hydrogen-bond donors (Lipinski definition) is 1. The van der Waals surface area contributed by atoms with Crippen LogP contribution in [0.2, 0.25) is 0 Å². The Kier molecular flexibility index (Phi) is 5.62. The number of rotatable bonds is 5. The maximum Gasteiger partial charge on any atom is 0.222 e. The summed E-state index contributed by atoms with van der Waals surface area (Å²) in [7, 11) is 1.70. The topological polar surface area (TPSA) is 41.6 Å². The first-order valence-corrected chi connectivity index (χ1v) is 7.74. The Morgan fingerprint density at radius 2 is 1.95 bits per heavy atom. The fourth-order valence-corrected chi connectivity index (χ4v) is 2.84. The average molecular weight is 290 g/mol. The minimum absolute atomic E-state index is 0.291. The molecule has 0 bridgehead atoms. The zero-order valence-electron chi connectivity index (χ0n) is 13.4. The monoisotopic (exact) mass is 290 g/mol. The smallest absolute Gasteiger partial charge is 0.222 e. The molecule has 4 heteroatoms. The van der Waals surface area contributed by atoms with Crippen LogP contribution in [0, 0.1) is 13.8 Å². The maximum absolute atomic E-state index is 12.1. The highest BCUT2D eigenvalue weighted by atomic mass is 16.5. The predicted molar refractivity (Wildman–Crippen MR) is 84.9 cm³/mol. The van der Waals surface area contributed by atoms with E-state index in [1.54, 1.807) is 7.11 Å². The zero-order valence-corrected chi connectivity index (χ0v) is 13.4. The van der Waals surface area contributed by atoms with Crippen LogP contribution in [0.5, 0.6) is 5.75 Å². The van der Waals surface area contributed by atoms with Gasteiger partial charge in [0.05, 0.1) is 7.11 Å². The minimum atomic E-state index is 0.291. The van der Waals surface area contributed by atoms with Crippen molar-refractivity contribution < 1.29 is 9.53 Å². The van der Waals surface area contributed by atoms with Crippen molar-refractivity contribution in [2.45, 2.75) is 33.1 Å². The molecule has 1 heterocycles. The van der Waals surface area contributed by atoms with Crippen molar-refractivity contribution in [2.24, 2.45) is 0 Å². The highest BCUT2D eigenvalue weighted by Crippen LogP contribution is 2.23. The highest BCUT2D eigenvalue weighted by Gasteiger charge is 2.15. The van der Waals surface area contributed by atoms with Gasteiger partial charge in [-0.15, -0.1) is 0 Å². The molecule has 1 aromatic carbocycles. The third-order valence-corrected chi connectivity index (χ3v) is 4.16. The van der Waals surface area contributed by atoms with Crippen LogP contribution in [-0.4, -0.2) is 44.1 Å². The second-order valence-electron chi connectivity index (χ2n) is 5.73. The van der Waals surface area contributed by atoms with Crippen molar-refractivity contribution in [1.29, 1.82) is 0 Å². The van der Waals surface area contributed by atoms with Gasteiger partial charge in [0.1, 0.15) is 5.75 Å². The molecular weight excluding hydrogens is 264 g/mol. The van der Waals surface area contributed by atoms with Crippen LogP contribution in [0.15, 0.2) is 12.1 Å². The van der Waals surface area contributed by atoms with E-state index in [2.05, 4.69) is 31.3 Å². The Bertz CT molecular complexity index is 494. The molecule has 1 N–H and O–H groups in total. The Morgan fingerprint density at radius 3 is 2.62 bits per heavy atom. The predicted octanol–water partition coefficient (Wildman–Crippen LogP) is 2.07. The van der Waals surface area contributed by atoms with E-state index in [-0.39, 0.29) is 0 Å². The Hall–Kier alpha value is -1.55. The molecule has 0 aliphatic carbocycles. The molecule has 1 aromatic rings. The summed E-state index contributed by atoms with van der Waals surface area (Å²) in [4.78, 5) is 14.1. The van der Waals surface area contributed by atoms with Gasteiger partial charge in [-0.25, -0.2) is 0 Å². The number of benzene rings is 1. The van der Waals surface area contributed by atoms with E-state index in [9.17, 15) is 4.79 Å². The van der Waals surface area contributed by atoms with Gasteiger partial charge in [0, 0.05) is 32.6 Å². The molecule has 0 radical (unpaired) electrons. The lowest BCUT2D eigenvalue weighted by Crippen LogP contribution is -2.46. The number of ether oxygens (including phenoxy) is 1. The number of piperazine rings is 1. The number of nitrogens with zero attached hydrogens (tertiary/aromatic N) is 1. The summed E-state index contributed by atoms with van der Waals surface area (Å²) < 4.78 is 5.34. The maximum atomic E-state index is 12.1. The summed E-state index contributed by atoms with van der Waals surface area (Å²) >= 11 is 0. The summed E-state index contributed by atoms with van der Waals surface area (Å²) in [6.07, 6.45) is 2.51. The van der Waals surface area contributed by atoms with Crippen LogP contribution in [0.3, 0.4) is 0 Å². The van der Waals surface area contributed by atoms with Crippen LogP contribution >= 0.6 is 0 Å². The third kappa shape index (κ3) is 4.21. The Labute approximate surface area is 127 Å². The molecule has 21 heavy (non-hydrogen) atoms. The standard InChI is InChI=1S/C17H26N2O2/c1-13-12-16(21-3)14(2)11-15(13)5-4-6-17(20)19-9-7-18-8-10-19/h11-12,18H,4-10H2,1-3H3. The van der Waals surface area contributed by atoms with Crippen molar-refractivity contribution in [3.63, 3.8) is 0 Å². The van der Waals surface area contributed by atoms with Crippen molar-refractivity contribution >= 4 is 5.91 Å². The molecule has 0 atom stereocenters. The molecule has 2 rings (SSSR count). The summed E-state index contributed by atoms with van der Waals surface area (Å²) in [6, 6.07) is 4.27. The number of aryl methyl sites for hydroxylation is 3. The van der Waals surface area contributed by atoms with Gasteiger partial charge in [-0.2, -0.15) is 0 Å². The molecule has 1 amide bonds. The van der Waals surface area contributed by atoms with Crippen LogP contribution in [0.4, 0.5) is 0 Å². The molecule has 0 saturated carbocycles. The fourth-order valence-electron chi connectivity index (χ4n) is 2.84.